The van der Waals surface area contributed by atoms with Crippen molar-refractivity contribution in [1.82, 2.24) is 9.78 Å². The highest BCUT2D eigenvalue weighted by atomic mass is 16.5. The molecule has 4 nitrogen and oxygen atoms in total. The van der Waals surface area contributed by atoms with Crippen LogP contribution in [0.3, 0.4) is 0 Å². The zero-order valence-electron chi connectivity index (χ0n) is 10.9. The monoisotopic (exact) mass is 237 g/mol. The smallest absolute Gasteiger partial charge is 0.0693 e. The Bertz CT molecular complexity index is 352. The molecule has 1 unspecified atom stereocenters. The van der Waals surface area contributed by atoms with Gasteiger partial charge in [0.2, 0.25) is 0 Å². The fraction of sp³-hybridized carbons (Fsp3) is 0.769. The molecular formula is C13H23N3O. The van der Waals surface area contributed by atoms with Gasteiger partial charge in [0.1, 0.15) is 0 Å². The number of methoxy groups -OCH3 is 1. The average molecular weight is 237 g/mol. The van der Waals surface area contributed by atoms with E-state index in [1.165, 1.54) is 24.8 Å². The first-order chi connectivity index (χ1) is 8.13. The molecule has 1 heterocycles. The van der Waals surface area contributed by atoms with Crippen molar-refractivity contribution < 1.29 is 4.74 Å². The van der Waals surface area contributed by atoms with Crippen LogP contribution in [0.25, 0.3) is 0 Å². The third-order valence-corrected chi connectivity index (χ3v) is 3.89. The van der Waals surface area contributed by atoms with Gasteiger partial charge in [-0.05, 0) is 44.1 Å². The van der Waals surface area contributed by atoms with Gasteiger partial charge in [-0.1, -0.05) is 0 Å². The van der Waals surface area contributed by atoms with E-state index in [0.29, 0.717) is 0 Å². The lowest BCUT2D eigenvalue weighted by molar-refractivity contribution is -0.0817. The minimum Gasteiger partial charge on any atom is -0.378 e. The number of nitrogens with zero attached hydrogens (tertiary/aromatic N) is 2. The van der Waals surface area contributed by atoms with Crippen molar-refractivity contribution in [2.45, 2.75) is 50.2 Å². The van der Waals surface area contributed by atoms with E-state index in [0.717, 1.165) is 19.3 Å². The summed E-state index contributed by atoms with van der Waals surface area (Å²) in [6.45, 7) is 0. The molecule has 0 aromatic carbocycles. The van der Waals surface area contributed by atoms with Crippen LogP contribution < -0.4 is 5.73 Å². The molecule has 17 heavy (non-hydrogen) atoms. The topological polar surface area (TPSA) is 53.1 Å². The number of nitrogens with two attached hydrogens (primary N) is 1. The molecule has 0 aliphatic heterocycles. The first-order valence-corrected chi connectivity index (χ1v) is 6.42. The normalized spacial score (nSPS) is 19.9. The van der Waals surface area contributed by atoms with E-state index in [4.69, 9.17) is 10.5 Å². The van der Waals surface area contributed by atoms with Crippen LogP contribution in [0, 0.1) is 0 Å². The van der Waals surface area contributed by atoms with Gasteiger partial charge in [-0.15, -0.1) is 0 Å². The van der Waals surface area contributed by atoms with E-state index in [-0.39, 0.29) is 11.6 Å². The molecule has 0 spiro atoms. The van der Waals surface area contributed by atoms with Crippen LogP contribution in [0.4, 0.5) is 0 Å². The first kappa shape index (κ1) is 12.6. The Labute approximate surface area is 103 Å². The highest BCUT2D eigenvalue weighted by Crippen LogP contribution is 2.39. The van der Waals surface area contributed by atoms with Crippen LogP contribution in [0.2, 0.25) is 0 Å². The summed E-state index contributed by atoms with van der Waals surface area (Å²) in [4.78, 5) is 0. The molecular weight excluding hydrogens is 214 g/mol. The second kappa shape index (κ2) is 5.19. The van der Waals surface area contributed by atoms with Gasteiger partial charge in [0.05, 0.1) is 11.8 Å². The second-order valence-electron chi connectivity index (χ2n) is 5.27. The van der Waals surface area contributed by atoms with E-state index in [2.05, 4.69) is 11.3 Å². The Balaban J connectivity index is 1.75. The molecule has 0 bridgehead atoms. The van der Waals surface area contributed by atoms with Crippen molar-refractivity contribution in [1.29, 1.82) is 0 Å². The van der Waals surface area contributed by atoms with Gasteiger partial charge in [-0.25, -0.2) is 0 Å². The highest BCUT2D eigenvalue weighted by molar-refractivity contribution is 5.04. The molecule has 2 rings (SSSR count). The quantitative estimate of drug-likeness (QED) is 0.818. The SMILES string of the molecule is COC1(CC(N)CCc2cnn(C)c2)CCC1. The van der Waals surface area contributed by atoms with Gasteiger partial charge in [0, 0.05) is 26.4 Å². The molecule has 1 atom stereocenters. The summed E-state index contributed by atoms with van der Waals surface area (Å²) in [6, 6.07) is 0.232. The summed E-state index contributed by atoms with van der Waals surface area (Å²) in [5, 5.41) is 4.16. The van der Waals surface area contributed by atoms with Crippen LogP contribution in [0.5, 0.6) is 0 Å². The van der Waals surface area contributed by atoms with Gasteiger partial charge in [0.15, 0.2) is 0 Å². The van der Waals surface area contributed by atoms with Gasteiger partial charge < -0.3 is 10.5 Å². The third kappa shape index (κ3) is 3.07. The maximum absolute atomic E-state index is 6.19. The van der Waals surface area contributed by atoms with Crippen molar-refractivity contribution in [2.24, 2.45) is 12.8 Å². The van der Waals surface area contributed by atoms with Crippen molar-refractivity contribution in [3.8, 4) is 0 Å². The van der Waals surface area contributed by atoms with Crippen LogP contribution in [0.1, 0.15) is 37.7 Å². The predicted octanol–water partition coefficient (Wildman–Crippen LogP) is 1.64. The lowest BCUT2D eigenvalue weighted by Gasteiger charge is -2.42. The number of hydrogen-bond donors (Lipinski definition) is 1. The Morgan fingerprint density at radius 3 is 2.82 bits per heavy atom. The van der Waals surface area contributed by atoms with Gasteiger partial charge in [0.25, 0.3) is 0 Å². The summed E-state index contributed by atoms with van der Waals surface area (Å²) in [6.07, 6.45) is 10.6. The van der Waals surface area contributed by atoms with Gasteiger partial charge in [-0.3, -0.25) is 4.68 Å². The summed E-state index contributed by atoms with van der Waals surface area (Å²) in [5.41, 5.74) is 7.55. The summed E-state index contributed by atoms with van der Waals surface area (Å²) in [7, 11) is 3.75. The van der Waals surface area contributed by atoms with E-state index in [1.54, 1.807) is 0 Å². The maximum Gasteiger partial charge on any atom is 0.0693 e. The van der Waals surface area contributed by atoms with Crippen molar-refractivity contribution in [3.05, 3.63) is 18.0 Å². The van der Waals surface area contributed by atoms with E-state index < -0.39 is 0 Å². The molecule has 1 aromatic heterocycles. The first-order valence-electron chi connectivity index (χ1n) is 6.42. The molecule has 1 aromatic rings. The third-order valence-electron chi connectivity index (χ3n) is 3.89. The number of rotatable bonds is 6. The van der Waals surface area contributed by atoms with Crippen molar-refractivity contribution in [3.63, 3.8) is 0 Å². The summed E-state index contributed by atoms with van der Waals surface area (Å²) < 4.78 is 7.44. The minimum atomic E-state index is 0.0916. The Morgan fingerprint density at radius 2 is 2.35 bits per heavy atom. The molecule has 1 aliphatic carbocycles. The fourth-order valence-corrected chi connectivity index (χ4v) is 2.60. The Kier molecular flexibility index (Phi) is 3.84. The van der Waals surface area contributed by atoms with Crippen molar-refractivity contribution >= 4 is 0 Å². The second-order valence-corrected chi connectivity index (χ2v) is 5.27. The highest BCUT2D eigenvalue weighted by Gasteiger charge is 2.38. The van der Waals surface area contributed by atoms with E-state index in [9.17, 15) is 0 Å². The number of aromatic nitrogens is 2. The Hall–Kier alpha value is -0.870. The van der Waals surface area contributed by atoms with Gasteiger partial charge in [-0.2, -0.15) is 5.10 Å². The van der Waals surface area contributed by atoms with E-state index in [1.807, 2.05) is 25.0 Å². The molecule has 0 amide bonds. The maximum atomic E-state index is 6.19. The van der Waals surface area contributed by atoms with E-state index >= 15 is 0 Å². The minimum absolute atomic E-state index is 0.0916. The molecule has 1 fully saturated rings. The van der Waals surface area contributed by atoms with Crippen LogP contribution in [-0.2, 0) is 18.2 Å². The fourth-order valence-electron chi connectivity index (χ4n) is 2.60. The number of ether oxygens (including phenoxy) is 1. The Morgan fingerprint density at radius 1 is 1.59 bits per heavy atom. The molecule has 96 valence electrons. The lowest BCUT2D eigenvalue weighted by Crippen LogP contribution is -2.44. The van der Waals surface area contributed by atoms with Crippen LogP contribution in [-0.4, -0.2) is 28.5 Å². The standard InChI is InChI=1S/C13H23N3O/c1-16-10-11(9-15-16)4-5-12(14)8-13(17-2)6-3-7-13/h9-10,12H,3-8,14H2,1-2H3. The van der Waals surface area contributed by atoms with Gasteiger partial charge >= 0.3 is 0 Å². The number of aryl methyl sites for hydroxylation is 2. The largest absolute Gasteiger partial charge is 0.378 e. The zero-order valence-corrected chi connectivity index (χ0v) is 10.9. The zero-order chi connectivity index (χ0) is 12.3. The predicted molar refractivity (Wildman–Crippen MR) is 67.7 cm³/mol. The van der Waals surface area contributed by atoms with Crippen LogP contribution >= 0.6 is 0 Å². The molecule has 0 radical (unpaired) electrons. The average Bonchev–Trinajstić information content (AvgIpc) is 2.67. The molecule has 2 N–H and O–H groups in total. The van der Waals surface area contributed by atoms with Crippen molar-refractivity contribution in [2.75, 3.05) is 7.11 Å². The summed E-state index contributed by atoms with van der Waals surface area (Å²) in [5.74, 6) is 0. The summed E-state index contributed by atoms with van der Waals surface area (Å²) >= 11 is 0. The van der Waals surface area contributed by atoms with Crippen LogP contribution in [0.15, 0.2) is 12.4 Å². The molecule has 4 heteroatoms. The molecule has 1 saturated carbocycles. The molecule has 1 aliphatic rings. The lowest BCUT2D eigenvalue weighted by atomic mass is 9.75. The number of hydrogen-bond acceptors (Lipinski definition) is 3. The molecule has 0 saturated heterocycles.